The molecule has 0 amide bonds. The van der Waals surface area contributed by atoms with E-state index < -0.39 is 0 Å². The standard InChI is InChI=1S/C18H32O/c1-6-11-19-17(5)9-10-18-12-15(17)16(3,4)14(18)8-7-13(18)2/h13-15H,6-12H2,1-5H3. The van der Waals surface area contributed by atoms with Gasteiger partial charge in [0, 0.05) is 6.61 Å². The molecule has 19 heavy (non-hydrogen) atoms. The van der Waals surface area contributed by atoms with E-state index in [0.717, 1.165) is 30.8 Å². The molecule has 5 atom stereocenters. The van der Waals surface area contributed by atoms with Gasteiger partial charge >= 0.3 is 0 Å². The second-order valence-electron chi connectivity index (χ2n) is 8.50. The molecule has 0 N–H and O–H groups in total. The minimum atomic E-state index is 0.148. The highest BCUT2D eigenvalue weighted by Gasteiger charge is 2.68. The first-order chi connectivity index (χ1) is 8.87. The van der Waals surface area contributed by atoms with Gasteiger partial charge in [0.25, 0.3) is 0 Å². The highest BCUT2D eigenvalue weighted by molar-refractivity contribution is 5.17. The van der Waals surface area contributed by atoms with E-state index in [1.54, 1.807) is 0 Å². The lowest BCUT2D eigenvalue weighted by molar-refractivity contribution is -0.122. The van der Waals surface area contributed by atoms with Crippen molar-refractivity contribution in [1.82, 2.24) is 0 Å². The zero-order chi connectivity index (χ0) is 13.9. The fourth-order valence-corrected chi connectivity index (χ4v) is 6.37. The van der Waals surface area contributed by atoms with Gasteiger partial charge in [-0.1, -0.05) is 27.7 Å². The van der Waals surface area contributed by atoms with Crippen molar-refractivity contribution in [3.63, 3.8) is 0 Å². The molecule has 0 aromatic heterocycles. The molecule has 0 radical (unpaired) electrons. The predicted molar refractivity (Wildman–Crippen MR) is 80.1 cm³/mol. The summed E-state index contributed by atoms with van der Waals surface area (Å²) in [6.07, 6.45) is 8.22. The summed E-state index contributed by atoms with van der Waals surface area (Å²) in [7, 11) is 0. The topological polar surface area (TPSA) is 9.23 Å². The third-order valence-corrected chi connectivity index (χ3v) is 7.40. The average molecular weight is 264 g/mol. The van der Waals surface area contributed by atoms with Gasteiger partial charge in [0.15, 0.2) is 0 Å². The molecule has 3 aliphatic carbocycles. The minimum Gasteiger partial charge on any atom is -0.375 e. The van der Waals surface area contributed by atoms with Gasteiger partial charge in [-0.25, -0.2) is 0 Å². The van der Waals surface area contributed by atoms with Crippen molar-refractivity contribution in [3.05, 3.63) is 0 Å². The molecule has 0 saturated heterocycles. The number of fused-ring (bicyclic) bond motifs is 1. The van der Waals surface area contributed by atoms with Crippen molar-refractivity contribution in [3.8, 4) is 0 Å². The lowest BCUT2D eigenvalue weighted by Crippen LogP contribution is -2.46. The van der Waals surface area contributed by atoms with Crippen molar-refractivity contribution in [2.24, 2.45) is 28.6 Å². The molecule has 3 saturated carbocycles. The molecule has 0 aliphatic heterocycles. The van der Waals surface area contributed by atoms with Gasteiger partial charge in [0.1, 0.15) is 0 Å². The second-order valence-corrected chi connectivity index (χ2v) is 8.50. The molecular weight excluding hydrogens is 232 g/mol. The quantitative estimate of drug-likeness (QED) is 0.693. The van der Waals surface area contributed by atoms with Crippen molar-refractivity contribution in [2.45, 2.75) is 78.7 Å². The Morgan fingerprint density at radius 3 is 2.47 bits per heavy atom. The number of hydrogen-bond donors (Lipinski definition) is 0. The van der Waals surface area contributed by atoms with Crippen molar-refractivity contribution >= 4 is 0 Å². The first-order valence-electron chi connectivity index (χ1n) is 8.51. The number of rotatable bonds is 3. The van der Waals surface area contributed by atoms with E-state index in [9.17, 15) is 0 Å². The predicted octanol–water partition coefficient (Wildman–Crippen LogP) is 5.04. The first-order valence-corrected chi connectivity index (χ1v) is 8.51. The van der Waals surface area contributed by atoms with Gasteiger partial charge in [-0.15, -0.1) is 0 Å². The van der Waals surface area contributed by atoms with Crippen LogP contribution < -0.4 is 0 Å². The van der Waals surface area contributed by atoms with Crippen molar-refractivity contribution in [1.29, 1.82) is 0 Å². The van der Waals surface area contributed by atoms with Gasteiger partial charge in [0.2, 0.25) is 0 Å². The summed E-state index contributed by atoms with van der Waals surface area (Å²) in [5, 5.41) is 0. The van der Waals surface area contributed by atoms with Crippen LogP contribution in [0.1, 0.15) is 73.1 Å². The van der Waals surface area contributed by atoms with E-state index in [1.165, 1.54) is 32.1 Å². The molecule has 0 heterocycles. The third kappa shape index (κ3) is 1.69. The van der Waals surface area contributed by atoms with Crippen LogP contribution in [0.2, 0.25) is 0 Å². The van der Waals surface area contributed by atoms with Crippen LogP contribution in [0.5, 0.6) is 0 Å². The highest BCUT2D eigenvalue weighted by atomic mass is 16.5. The van der Waals surface area contributed by atoms with Gasteiger partial charge in [-0.05, 0) is 74.0 Å². The van der Waals surface area contributed by atoms with E-state index >= 15 is 0 Å². The Morgan fingerprint density at radius 2 is 1.79 bits per heavy atom. The lowest BCUT2D eigenvalue weighted by atomic mass is 9.64. The fraction of sp³-hybridized carbons (Fsp3) is 1.00. The van der Waals surface area contributed by atoms with E-state index in [-0.39, 0.29) is 5.60 Å². The van der Waals surface area contributed by atoms with Crippen LogP contribution in [0.3, 0.4) is 0 Å². The van der Waals surface area contributed by atoms with Crippen LogP contribution in [0.25, 0.3) is 0 Å². The Balaban J connectivity index is 1.92. The molecule has 0 aromatic carbocycles. The maximum absolute atomic E-state index is 6.38. The minimum absolute atomic E-state index is 0.148. The van der Waals surface area contributed by atoms with Gasteiger partial charge in [0.05, 0.1) is 5.60 Å². The zero-order valence-electron chi connectivity index (χ0n) is 13.6. The Bertz CT molecular complexity index is 361. The molecule has 0 aromatic rings. The van der Waals surface area contributed by atoms with E-state index in [4.69, 9.17) is 4.74 Å². The molecule has 3 rings (SSSR count). The zero-order valence-corrected chi connectivity index (χ0v) is 13.6. The molecule has 2 bridgehead atoms. The molecule has 1 spiro atoms. The molecular formula is C18H32O. The SMILES string of the molecule is CCCOC1(C)CCC23CC1C(C)(C)C2CCC3C. The van der Waals surface area contributed by atoms with Crippen LogP contribution >= 0.6 is 0 Å². The number of hydrogen-bond acceptors (Lipinski definition) is 1. The van der Waals surface area contributed by atoms with E-state index in [1.807, 2.05) is 0 Å². The van der Waals surface area contributed by atoms with Gasteiger partial charge in [-0.2, -0.15) is 0 Å². The molecule has 3 aliphatic rings. The molecule has 5 unspecified atom stereocenters. The fourth-order valence-electron chi connectivity index (χ4n) is 6.37. The van der Waals surface area contributed by atoms with Crippen molar-refractivity contribution in [2.75, 3.05) is 6.61 Å². The second kappa shape index (κ2) is 4.23. The number of ether oxygens (including phenoxy) is 1. The smallest absolute Gasteiger partial charge is 0.0688 e. The summed E-state index contributed by atoms with van der Waals surface area (Å²) < 4.78 is 6.38. The van der Waals surface area contributed by atoms with Crippen molar-refractivity contribution < 1.29 is 4.74 Å². The van der Waals surface area contributed by atoms with Crippen LogP contribution in [0, 0.1) is 28.6 Å². The first kappa shape index (κ1) is 13.9. The lowest BCUT2D eigenvalue weighted by Gasteiger charge is -2.47. The summed E-state index contributed by atoms with van der Waals surface area (Å²) in [5.41, 5.74) is 1.29. The monoisotopic (exact) mass is 264 g/mol. The summed E-state index contributed by atoms with van der Waals surface area (Å²) in [4.78, 5) is 0. The van der Waals surface area contributed by atoms with Crippen LogP contribution in [-0.2, 0) is 4.74 Å². The Hall–Kier alpha value is -0.0400. The van der Waals surface area contributed by atoms with Crippen LogP contribution in [0.15, 0.2) is 0 Å². The third-order valence-electron chi connectivity index (χ3n) is 7.40. The summed E-state index contributed by atoms with van der Waals surface area (Å²) in [6, 6.07) is 0. The van der Waals surface area contributed by atoms with Crippen LogP contribution in [-0.4, -0.2) is 12.2 Å². The average Bonchev–Trinajstić information content (AvgIpc) is 2.78. The molecule has 110 valence electrons. The summed E-state index contributed by atoms with van der Waals surface area (Å²) in [5.74, 6) is 2.66. The summed E-state index contributed by atoms with van der Waals surface area (Å²) in [6.45, 7) is 13.2. The molecule has 1 nitrogen and oxygen atoms in total. The van der Waals surface area contributed by atoms with Gasteiger partial charge < -0.3 is 4.74 Å². The summed E-state index contributed by atoms with van der Waals surface area (Å²) >= 11 is 0. The van der Waals surface area contributed by atoms with E-state index in [2.05, 4.69) is 34.6 Å². The maximum Gasteiger partial charge on any atom is 0.0688 e. The highest BCUT2D eigenvalue weighted by Crippen LogP contribution is 2.73. The maximum atomic E-state index is 6.38. The van der Waals surface area contributed by atoms with Gasteiger partial charge in [-0.3, -0.25) is 0 Å². The largest absolute Gasteiger partial charge is 0.375 e. The Kier molecular flexibility index (Phi) is 3.10. The Labute approximate surface area is 119 Å². The van der Waals surface area contributed by atoms with E-state index in [0.29, 0.717) is 10.8 Å². The normalized spacial score (nSPS) is 51.3. The molecule has 3 fully saturated rings. The Morgan fingerprint density at radius 1 is 1.05 bits per heavy atom. The van der Waals surface area contributed by atoms with Crippen LogP contribution in [0.4, 0.5) is 0 Å². The molecule has 1 heteroatoms.